The number of hydrogen-bond acceptors (Lipinski definition) is 6. The molecule has 0 spiro atoms. The summed E-state index contributed by atoms with van der Waals surface area (Å²) >= 11 is 5.03. The maximum Gasteiger partial charge on any atom is 0.350 e. The van der Waals surface area contributed by atoms with Gasteiger partial charge in [0.05, 0.1) is 5.69 Å². The van der Waals surface area contributed by atoms with Gasteiger partial charge in [-0.25, -0.2) is 9.78 Å². The van der Waals surface area contributed by atoms with Crippen LogP contribution in [-0.2, 0) is 9.53 Å². The number of nitrogens with zero attached hydrogens (tertiary/aromatic N) is 1. The van der Waals surface area contributed by atoms with Gasteiger partial charge in [0, 0.05) is 20.2 Å². The lowest BCUT2D eigenvalue weighted by atomic mass is 10.3. The lowest BCUT2D eigenvalue weighted by Gasteiger charge is -2.06. The van der Waals surface area contributed by atoms with Gasteiger partial charge < -0.3 is 10.1 Å². The van der Waals surface area contributed by atoms with Crippen LogP contribution >= 0.6 is 45.3 Å². The van der Waals surface area contributed by atoms with Crippen LogP contribution in [0.5, 0.6) is 0 Å². The van der Waals surface area contributed by atoms with E-state index in [1.54, 1.807) is 30.4 Å². The van der Waals surface area contributed by atoms with Crippen molar-refractivity contribution in [3.63, 3.8) is 0 Å². The minimum atomic E-state index is -0.533. The Kier molecular flexibility index (Phi) is 5.82. The number of nitrogens with one attached hydrogen (secondary N) is 1. The smallest absolute Gasteiger partial charge is 0.350 e. The van der Waals surface area contributed by atoms with E-state index in [-0.39, 0.29) is 12.5 Å². The van der Waals surface area contributed by atoms with Crippen molar-refractivity contribution in [2.45, 2.75) is 6.92 Å². The van der Waals surface area contributed by atoms with Gasteiger partial charge in [-0.15, -0.1) is 11.3 Å². The van der Waals surface area contributed by atoms with E-state index in [1.807, 2.05) is 29.0 Å². The Morgan fingerprint density at radius 3 is 2.68 bits per heavy atom. The van der Waals surface area contributed by atoms with Gasteiger partial charge in [-0.05, 0) is 65.2 Å². The van der Waals surface area contributed by atoms with Gasteiger partial charge in [-0.3, -0.25) is 4.79 Å². The van der Waals surface area contributed by atoms with Crippen LogP contribution in [0.4, 0.5) is 5.69 Å². The van der Waals surface area contributed by atoms with Crippen LogP contribution in [-0.4, -0.2) is 23.5 Å². The van der Waals surface area contributed by atoms with Crippen LogP contribution in [0.3, 0.4) is 0 Å². The summed E-state index contributed by atoms with van der Waals surface area (Å²) in [7, 11) is 0. The first-order chi connectivity index (χ1) is 12.0. The van der Waals surface area contributed by atoms with Gasteiger partial charge in [0.2, 0.25) is 0 Å². The van der Waals surface area contributed by atoms with Crippen molar-refractivity contribution in [1.29, 1.82) is 0 Å². The maximum atomic E-state index is 12.2. The molecule has 128 valence electrons. The summed E-state index contributed by atoms with van der Waals surface area (Å²) in [5.74, 6) is -0.913. The Bertz CT molecular complexity index is 889. The molecule has 0 bridgehead atoms. The monoisotopic (exact) mass is 484 g/mol. The zero-order chi connectivity index (χ0) is 17.8. The van der Waals surface area contributed by atoms with Crippen molar-refractivity contribution < 1.29 is 14.3 Å². The number of aromatic nitrogens is 1. The average Bonchev–Trinajstić information content (AvgIpc) is 3.24. The van der Waals surface area contributed by atoms with Crippen LogP contribution in [0.1, 0.15) is 15.4 Å². The van der Waals surface area contributed by atoms with E-state index in [4.69, 9.17) is 4.74 Å². The molecule has 0 radical (unpaired) electrons. The van der Waals surface area contributed by atoms with Crippen LogP contribution in [0, 0.1) is 10.5 Å². The quantitative estimate of drug-likeness (QED) is 0.425. The van der Waals surface area contributed by atoms with Gasteiger partial charge in [0.15, 0.2) is 6.61 Å². The fraction of sp³-hybridized carbons (Fsp3) is 0.118. The predicted octanol–water partition coefficient (Wildman–Crippen LogP) is 4.58. The molecule has 0 fully saturated rings. The molecule has 0 aliphatic carbocycles. The lowest BCUT2D eigenvalue weighted by Crippen LogP contribution is -2.20. The maximum absolute atomic E-state index is 12.2. The van der Waals surface area contributed by atoms with Crippen LogP contribution in [0.2, 0.25) is 0 Å². The Morgan fingerprint density at radius 1 is 1.24 bits per heavy atom. The third kappa shape index (κ3) is 4.65. The van der Waals surface area contributed by atoms with Crippen molar-refractivity contribution in [3.8, 4) is 10.6 Å². The van der Waals surface area contributed by atoms with Crippen molar-refractivity contribution in [2.24, 2.45) is 0 Å². The highest BCUT2D eigenvalue weighted by Crippen LogP contribution is 2.29. The van der Waals surface area contributed by atoms with E-state index in [0.717, 1.165) is 14.1 Å². The van der Waals surface area contributed by atoms with Gasteiger partial charge >= 0.3 is 5.97 Å². The first kappa shape index (κ1) is 18.0. The number of thiophene rings is 1. The summed E-state index contributed by atoms with van der Waals surface area (Å²) in [5.41, 5.74) is 2.25. The fourth-order valence-electron chi connectivity index (χ4n) is 2.02. The number of halogens is 1. The van der Waals surface area contributed by atoms with Crippen molar-refractivity contribution >= 4 is 62.8 Å². The number of amides is 1. The minimum absolute atomic E-state index is 0.337. The van der Waals surface area contributed by atoms with Crippen molar-refractivity contribution in [1.82, 2.24) is 4.98 Å². The third-order valence-electron chi connectivity index (χ3n) is 3.21. The summed E-state index contributed by atoms with van der Waals surface area (Å²) in [6.07, 6.45) is 0. The molecule has 0 aliphatic rings. The number of hydrogen-bond donors (Lipinski definition) is 1. The van der Waals surface area contributed by atoms with E-state index in [1.165, 1.54) is 11.3 Å². The van der Waals surface area contributed by atoms with Crippen LogP contribution in [0.25, 0.3) is 10.6 Å². The summed E-state index contributed by atoms with van der Waals surface area (Å²) in [6.45, 7) is 1.42. The zero-order valence-electron chi connectivity index (χ0n) is 13.1. The lowest BCUT2D eigenvalue weighted by molar-refractivity contribution is -0.119. The molecule has 1 N–H and O–H groups in total. The molecular weight excluding hydrogens is 471 g/mol. The van der Waals surface area contributed by atoms with Gasteiger partial charge in [0.1, 0.15) is 9.88 Å². The first-order valence-corrected chi connectivity index (χ1v) is 10.1. The van der Waals surface area contributed by atoms with Gasteiger partial charge in [0.25, 0.3) is 5.91 Å². The van der Waals surface area contributed by atoms with Crippen LogP contribution < -0.4 is 5.32 Å². The van der Waals surface area contributed by atoms with E-state index >= 15 is 0 Å². The van der Waals surface area contributed by atoms with E-state index < -0.39 is 5.97 Å². The van der Waals surface area contributed by atoms with Crippen LogP contribution in [0.15, 0.2) is 41.1 Å². The molecular formula is C17H13IN2O3S2. The van der Waals surface area contributed by atoms with E-state index in [2.05, 4.69) is 32.9 Å². The summed E-state index contributed by atoms with van der Waals surface area (Å²) in [4.78, 5) is 28.9. The highest BCUT2D eigenvalue weighted by molar-refractivity contribution is 14.1. The molecule has 3 rings (SSSR count). The highest BCUT2D eigenvalue weighted by Gasteiger charge is 2.18. The molecule has 0 saturated heterocycles. The normalized spacial score (nSPS) is 10.5. The highest BCUT2D eigenvalue weighted by atomic mass is 127. The predicted molar refractivity (Wildman–Crippen MR) is 108 cm³/mol. The molecule has 3 aromatic rings. The van der Waals surface area contributed by atoms with Gasteiger partial charge in [-0.2, -0.15) is 11.3 Å². The standard InChI is InChI=1S/C17H13IN2O3S2/c1-10-15(25-16(19-10)11-6-7-24-9-11)17(22)23-8-14(21)20-13-4-2-12(18)3-5-13/h2-7,9H,8H2,1H3,(H,20,21). The Labute approximate surface area is 166 Å². The van der Waals surface area contributed by atoms with Crippen molar-refractivity contribution in [2.75, 3.05) is 11.9 Å². The Morgan fingerprint density at radius 2 is 2.00 bits per heavy atom. The number of anilines is 1. The Hall–Kier alpha value is -1.78. The second-order valence-corrected chi connectivity index (χ2v) is 8.10. The number of carbonyl (C=O) groups excluding carboxylic acids is 2. The third-order valence-corrected chi connectivity index (χ3v) is 5.80. The summed E-state index contributed by atoms with van der Waals surface area (Å²) in [6, 6.07) is 9.31. The molecule has 25 heavy (non-hydrogen) atoms. The molecule has 1 amide bonds. The number of aryl methyl sites for hydroxylation is 1. The molecule has 0 unspecified atom stereocenters. The average molecular weight is 484 g/mol. The fourth-order valence-corrected chi connectivity index (χ4v) is 4.05. The number of ether oxygens (including phenoxy) is 1. The Balaban J connectivity index is 1.59. The molecule has 1 aromatic carbocycles. The number of thiazole rings is 1. The van der Waals surface area contributed by atoms with Crippen molar-refractivity contribution in [3.05, 3.63) is 55.2 Å². The van der Waals surface area contributed by atoms with Gasteiger partial charge in [-0.1, -0.05) is 0 Å². The molecule has 0 saturated carbocycles. The summed E-state index contributed by atoms with van der Waals surface area (Å²) in [5, 5.41) is 7.39. The SMILES string of the molecule is Cc1nc(-c2ccsc2)sc1C(=O)OCC(=O)Nc1ccc(I)cc1. The minimum Gasteiger partial charge on any atom is -0.451 e. The zero-order valence-corrected chi connectivity index (χ0v) is 16.9. The first-order valence-electron chi connectivity index (χ1n) is 7.25. The molecule has 0 atom stereocenters. The number of carbonyl (C=O) groups is 2. The second kappa shape index (κ2) is 8.07. The number of esters is 1. The molecule has 2 heterocycles. The molecule has 8 heteroatoms. The van der Waals surface area contributed by atoms with E-state index in [0.29, 0.717) is 16.3 Å². The number of benzene rings is 1. The molecule has 0 aliphatic heterocycles. The summed E-state index contributed by atoms with van der Waals surface area (Å²) < 4.78 is 6.19. The second-order valence-electron chi connectivity index (χ2n) is 5.08. The topological polar surface area (TPSA) is 68.3 Å². The molecule has 5 nitrogen and oxygen atoms in total. The largest absolute Gasteiger partial charge is 0.451 e. The number of rotatable bonds is 5. The molecule has 2 aromatic heterocycles. The van der Waals surface area contributed by atoms with E-state index in [9.17, 15) is 9.59 Å².